The highest BCUT2D eigenvalue weighted by Crippen LogP contribution is 2.10. The summed E-state index contributed by atoms with van der Waals surface area (Å²) in [4.78, 5) is 20.6. The van der Waals surface area contributed by atoms with Gasteiger partial charge in [0.25, 0.3) is 0 Å². The molecule has 1 atom stereocenters. The molecule has 1 aromatic heterocycles. The minimum absolute atomic E-state index is 0. The van der Waals surface area contributed by atoms with Crippen LogP contribution < -0.4 is 5.73 Å². The number of hydrogen-bond acceptors (Lipinski definition) is 6. The van der Waals surface area contributed by atoms with Crippen molar-refractivity contribution in [2.45, 2.75) is 39.8 Å². The molecule has 1 aliphatic rings. The molecule has 2 N–H and O–H groups in total. The molecule has 1 saturated heterocycles. The molecule has 126 valence electrons. The standard InChI is InChI=1S/C14H25N5O2.ClH/c1-4-12-16-11(17-21-12)9-18-5-7-19(8-6-18)14(20)13(15)10(2)3;/h10,13H,4-9,15H2,1-3H3;1H/t13-;/m0./s1. The van der Waals surface area contributed by atoms with Crippen molar-refractivity contribution >= 4 is 18.3 Å². The first-order valence-corrected chi connectivity index (χ1v) is 7.59. The van der Waals surface area contributed by atoms with E-state index in [0.717, 1.165) is 19.5 Å². The van der Waals surface area contributed by atoms with Gasteiger partial charge < -0.3 is 15.2 Å². The average Bonchev–Trinajstić information content (AvgIpc) is 2.94. The van der Waals surface area contributed by atoms with Crippen LogP contribution in [0.15, 0.2) is 4.52 Å². The Balaban J connectivity index is 0.00000242. The molecule has 0 spiro atoms. The lowest BCUT2D eigenvalue weighted by molar-refractivity contribution is -0.135. The van der Waals surface area contributed by atoms with Crippen molar-refractivity contribution in [2.75, 3.05) is 26.2 Å². The molecule has 22 heavy (non-hydrogen) atoms. The first kappa shape index (κ1) is 18.9. The largest absolute Gasteiger partial charge is 0.339 e. The maximum Gasteiger partial charge on any atom is 0.239 e. The van der Waals surface area contributed by atoms with Crippen LogP contribution in [-0.2, 0) is 17.8 Å². The topological polar surface area (TPSA) is 88.5 Å². The Hall–Kier alpha value is -1.18. The number of nitrogens with zero attached hydrogens (tertiary/aromatic N) is 4. The molecule has 2 rings (SSSR count). The Morgan fingerprint density at radius 1 is 1.32 bits per heavy atom. The second kappa shape index (κ2) is 8.45. The molecule has 0 aromatic carbocycles. The molecular weight excluding hydrogens is 306 g/mol. The van der Waals surface area contributed by atoms with Crippen molar-refractivity contribution in [2.24, 2.45) is 11.7 Å². The van der Waals surface area contributed by atoms with Crippen molar-refractivity contribution in [3.63, 3.8) is 0 Å². The van der Waals surface area contributed by atoms with Gasteiger partial charge in [0.05, 0.1) is 12.6 Å². The van der Waals surface area contributed by atoms with Crippen molar-refractivity contribution in [1.82, 2.24) is 19.9 Å². The molecule has 2 heterocycles. The van der Waals surface area contributed by atoms with Gasteiger partial charge in [0, 0.05) is 32.6 Å². The van der Waals surface area contributed by atoms with E-state index < -0.39 is 6.04 Å². The number of carbonyl (C=O) groups excluding carboxylic acids is 1. The third-order valence-electron chi connectivity index (χ3n) is 3.86. The predicted molar refractivity (Wildman–Crippen MR) is 85.6 cm³/mol. The summed E-state index contributed by atoms with van der Waals surface area (Å²) in [5, 5.41) is 3.96. The maximum atomic E-state index is 12.2. The number of nitrogens with two attached hydrogens (primary N) is 1. The summed E-state index contributed by atoms with van der Waals surface area (Å²) in [6.07, 6.45) is 0.752. The lowest BCUT2D eigenvalue weighted by Gasteiger charge is -2.35. The summed E-state index contributed by atoms with van der Waals surface area (Å²) in [7, 11) is 0. The molecule has 0 aliphatic carbocycles. The van der Waals surface area contributed by atoms with Gasteiger partial charge in [-0.3, -0.25) is 9.69 Å². The lowest BCUT2D eigenvalue weighted by Crippen LogP contribution is -2.54. The molecular formula is C14H26ClN5O2. The number of carbonyl (C=O) groups is 1. The molecule has 1 aromatic rings. The predicted octanol–water partition coefficient (Wildman–Crippen LogP) is 0.681. The van der Waals surface area contributed by atoms with Crippen LogP contribution in [0.25, 0.3) is 0 Å². The first-order chi connectivity index (χ1) is 10.0. The Morgan fingerprint density at radius 3 is 2.45 bits per heavy atom. The van der Waals surface area contributed by atoms with E-state index in [9.17, 15) is 4.79 Å². The molecule has 0 saturated carbocycles. The van der Waals surface area contributed by atoms with E-state index in [1.54, 1.807) is 0 Å². The molecule has 1 fully saturated rings. The van der Waals surface area contributed by atoms with Crippen molar-refractivity contribution in [1.29, 1.82) is 0 Å². The van der Waals surface area contributed by atoms with Gasteiger partial charge in [-0.2, -0.15) is 4.98 Å². The van der Waals surface area contributed by atoms with E-state index >= 15 is 0 Å². The van der Waals surface area contributed by atoms with Gasteiger partial charge in [-0.25, -0.2) is 0 Å². The Kier molecular flexibility index (Phi) is 7.25. The third-order valence-corrected chi connectivity index (χ3v) is 3.86. The minimum atomic E-state index is -0.402. The van der Waals surface area contributed by atoms with Gasteiger partial charge in [-0.15, -0.1) is 12.4 Å². The van der Waals surface area contributed by atoms with Gasteiger partial charge in [0.15, 0.2) is 5.82 Å². The Morgan fingerprint density at radius 2 is 1.95 bits per heavy atom. The molecule has 0 radical (unpaired) electrons. The number of halogens is 1. The van der Waals surface area contributed by atoms with E-state index in [2.05, 4.69) is 15.0 Å². The fraction of sp³-hybridized carbons (Fsp3) is 0.786. The minimum Gasteiger partial charge on any atom is -0.339 e. The van der Waals surface area contributed by atoms with E-state index in [0.29, 0.717) is 31.3 Å². The highest BCUT2D eigenvalue weighted by atomic mass is 35.5. The molecule has 0 unspecified atom stereocenters. The fourth-order valence-corrected chi connectivity index (χ4v) is 2.32. The van der Waals surface area contributed by atoms with Crippen LogP contribution >= 0.6 is 12.4 Å². The van der Waals surface area contributed by atoms with Crippen LogP contribution in [0.1, 0.15) is 32.5 Å². The van der Waals surface area contributed by atoms with Gasteiger partial charge in [-0.05, 0) is 5.92 Å². The van der Waals surface area contributed by atoms with Crippen LogP contribution in [0.3, 0.4) is 0 Å². The lowest BCUT2D eigenvalue weighted by atomic mass is 10.0. The number of hydrogen-bond donors (Lipinski definition) is 1. The van der Waals surface area contributed by atoms with Crippen molar-refractivity contribution < 1.29 is 9.32 Å². The van der Waals surface area contributed by atoms with Gasteiger partial charge in [0.2, 0.25) is 11.8 Å². The van der Waals surface area contributed by atoms with E-state index in [4.69, 9.17) is 10.3 Å². The van der Waals surface area contributed by atoms with E-state index in [1.165, 1.54) is 0 Å². The normalized spacial score (nSPS) is 17.4. The van der Waals surface area contributed by atoms with E-state index in [1.807, 2.05) is 25.7 Å². The highest BCUT2D eigenvalue weighted by molar-refractivity contribution is 5.85. The molecule has 1 amide bonds. The summed E-state index contributed by atoms with van der Waals surface area (Å²) >= 11 is 0. The summed E-state index contributed by atoms with van der Waals surface area (Å²) in [6.45, 7) is 9.64. The molecule has 8 heteroatoms. The maximum absolute atomic E-state index is 12.2. The summed E-state index contributed by atoms with van der Waals surface area (Å²) in [5.41, 5.74) is 5.93. The SMILES string of the molecule is CCc1nc(CN2CCN(C(=O)[C@@H](N)C(C)C)CC2)no1.Cl. The first-order valence-electron chi connectivity index (χ1n) is 7.59. The molecule has 0 bridgehead atoms. The second-order valence-electron chi connectivity index (χ2n) is 5.83. The number of piperazine rings is 1. The quantitative estimate of drug-likeness (QED) is 0.853. The smallest absolute Gasteiger partial charge is 0.239 e. The number of rotatable bonds is 5. The zero-order chi connectivity index (χ0) is 15.4. The van der Waals surface area contributed by atoms with Crippen LogP contribution in [0.4, 0.5) is 0 Å². The number of amides is 1. The van der Waals surface area contributed by atoms with Crippen LogP contribution in [0.2, 0.25) is 0 Å². The summed E-state index contributed by atoms with van der Waals surface area (Å²) in [6, 6.07) is -0.402. The van der Waals surface area contributed by atoms with Crippen molar-refractivity contribution in [3.05, 3.63) is 11.7 Å². The monoisotopic (exact) mass is 331 g/mol. The van der Waals surface area contributed by atoms with Crippen LogP contribution in [0, 0.1) is 5.92 Å². The molecule has 1 aliphatic heterocycles. The third kappa shape index (κ3) is 4.66. The van der Waals surface area contributed by atoms with Gasteiger partial charge >= 0.3 is 0 Å². The zero-order valence-electron chi connectivity index (χ0n) is 13.5. The second-order valence-corrected chi connectivity index (χ2v) is 5.83. The van der Waals surface area contributed by atoms with E-state index in [-0.39, 0.29) is 24.2 Å². The van der Waals surface area contributed by atoms with Crippen LogP contribution in [0.5, 0.6) is 0 Å². The Labute approximate surface area is 137 Å². The van der Waals surface area contributed by atoms with Gasteiger partial charge in [-0.1, -0.05) is 25.9 Å². The number of aromatic nitrogens is 2. The Bertz CT molecular complexity index is 472. The fourth-order valence-electron chi connectivity index (χ4n) is 2.32. The van der Waals surface area contributed by atoms with Gasteiger partial charge in [0.1, 0.15) is 0 Å². The highest BCUT2D eigenvalue weighted by Gasteiger charge is 2.27. The van der Waals surface area contributed by atoms with Crippen molar-refractivity contribution in [3.8, 4) is 0 Å². The summed E-state index contributed by atoms with van der Waals surface area (Å²) in [5.74, 6) is 1.60. The molecule has 7 nitrogen and oxygen atoms in total. The number of aryl methyl sites for hydroxylation is 1. The zero-order valence-corrected chi connectivity index (χ0v) is 14.3. The summed E-state index contributed by atoms with van der Waals surface area (Å²) < 4.78 is 5.10. The average molecular weight is 332 g/mol. The van der Waals surface area contributed by atoms with Crippen LogP contribution in [-0.4, -0.2) is 58.1 Å².